The maximum Gasteiger partial charge on any atom is 0.297 e. The average molecular weight is 937 g/mol. The first-order valence-electron chi connectivity index (χ1n) is 27.1. The van der Waals surface area contributed by atoms with Crippen LogP contribution in [0.4, 0.5) is 34.1 Å². The van der Waals surface area contributed by atoms with Gasteiger partial charge in [0, 0.05) is 33.7 Å². The summed E-state index contributed by atoms with van der Waals surface area (Å²) >= 11 is 0. The summed E-state index contributed by atoms with van der Waals surface area (Å²) in [5, 5.41) is 1.21. The van der Waals surface area contributed by atoms with Crippen LogP contribution in [0.3, 0.4) is 0 Å². The summed E-state index contributed by atoms with van der Waals surface area (Å²) in [4.78, 5) is 5.40. The lowest BCUT2D eigenvalue weighted by Crippen LogP contribution is -2.61. The standard InChI is InChI=1S/C67H77BN2O/c1-40-34-53-57-54(35-40)70(52-27-22-42(61(2,3)4)36-44(52)41-20-18-17-19-21-41)58-45-38-49-50(66(13,14)31-30-65(49,11)12)39-55(45)71-60(58)68(57)51-26-25-47-56(67(15,16)33-32-63(47,7)8)59(51)69(53)43-23-24-46-48(37-43)64(9,10)29-28-62(46,5)6/h17-27,34-39H,28-33H2,1-16H3. The SMILES string of the molecule is Cc1cc2c3c(c1)N(c1ccc(C(C)(C)C)cc1-c1ccccc1)c1c(oc4cc5c(cc14)C(C)(C)CCC5(C)C)B3c1ccc3c(c1N2c1ccc2c(c1)C(C)(C)CCC2(C)C)C(C)(C)CCC3(C)C. The molecule has 6 aromatic carbocycles. The van der Waals surface area contributed by atoms with E-state index in [1.165, 1.54) is 119 Å². The Labute approximate surface area is 426 Å². The average Bonchev–Trinajstić information content (AvgIpc) is 3.68. The van der Waals surface area contributed by atoms with Crippen LogP contribution < -0.4 is 26.4 Å². The van der Waals surface area contributed by atoms with Crippen molar-refractivity contribution in [2.75, 3.05) is 9.80 Å². The normalized spacial score (nSPS) is 20.4. The van der Waals surface area contributed by atoms with Gasteiger partial charge >= 0.3 is 0 Å². The predicted octanol–water partition coefficient (Wildman–Crippen LogP) is 16.8. The Hall–Kier alpha value is -5.48. The van der Waals surface area contributed by atoms with Gasteiger partial charge in [-0.05, 0) is 193 Å². The van der Waals surface area contributed by atoms with E-state index in [1.807, 2.05) is 0 Å². The van der Waals surface area contributed by atoms with Crippen molar-refractivity contribution in [3.05, 3.63) is 148 Å². The zero-order valence-electron chi connectivity index (χ0n) is 45.9. The van der Waals surface area contributed by atoms with Gasteiger partial charge in [0.25, 0.3) is 6.71 Å². The first kappa shape index (κ1) is 46.6. The molecule has 1 aromatic heterocycles. The maximum absolute atomic E-state index is 7.77. The number of furan rings is 1. The van der Waals surface area contributed by atoms with Crippen LogP contribution in [0.2, 0.25) is 0 Å². The van der Waals surface area contributed by atoms with E-state index in [9.17, 15) is 0 Å². The van der Waals surface area contributed by atoms with Gasteiger partial charge in [0.05, 0.1) is 17.0 Å². The molecule has 0 N–H and O–H groups in total. The van der Waals surface area contributed by atoms with Crippen molar-refractivity contribution in [1.29, 1.82) is 0 Å². The van der Waals surface area contributed by atoms with Crippen LogP contribution >= 0.6 is 0 Å². The summed E-state index contributed by atoms with van der Waals surface area (Å²) < 4.78 is 7.77. The van der Waals surface area contributed by atoms with Crippen LogP contribution in [0.25, 0.3) is 22.1 Å². The maximum atomic E-state index is 7.77. The third kappa shape index (κ3) is 6.81. The largest absolute Gasteiger partial charge is 0.468 e. The highest BCUT2D eigenvalue weighted by atomic mass is 16.3. The molecule has 5 aliphatic rings. The molecular formula is C67H77BN2O. The number of hydrogen-bond acceptors (Lipinski definition) is 3. The summed E-state index contributed by atoms with van der Waals surface area (Å²) in [5.41, 5.74) is 26.3. The van der Waals surface area contributed by atoms with Gasteiger partial charge in [-0.25, -0.2) is 0 Å². The van der Waals surface area contributed by atoms with E-state index in [-0.39, 0.29) is 44.6 Å². The number of anilines is 6. The van der Waals surface area contributed by atoms with Crippen molar-refractivity contribution in [3.63, 3.8) is 0 Å². The summed E-state index contributed by atoms with van der Waals surface area (Å²) in [6, 6.07) is 41.1. The van der Waals surface area contributed by atoms with Gasteiger partial charge in [-0.15, -0.1) is 0 Å². The number of fused-ring (bicyclic) bond motifs is 10. The minimum Gasteiger partial charge on any atom is -0.468 e. The van der Waals surface area contributed by atoms with Gasteiger partial charge in [0.1, 0.15) is 5.58 Å². The minimum absolute atomic E-state index is 0.0297. The van der Waals surface area contributed by atoms with Crippen LogP contribution in [0.15, 0.2) is 108 Å². The molecule has 0 fully saturated rings. The fourth-order valence-electron chi connectivity index (χ4n) is 14.2. The molecule has 0 atom stereocenters. The summed E-state index contributed by atoms with van der Waals surface area (Å²) in [6.07, 6.45) is 6.96. The van der Waals surface area contributed by atoms with E-state index >= 15 is 0 Å². The smallest absolute Gasteiger partial charge is 0.297 e. The Kier molecular flexibility index (Phi) is 9.73. The van der Waals surface area contributed by atoms with Crippen molar-refractivity contribution >= 4 is 68.4 Å². The number of nitrogens with zero attached hydrogens (tertiary/aromatic N) is 2. The third-order valence-electron chi connectivity index (χ3n) is 19.0. The molecule has 364 valence electrons. The molecule has 12 rings (SSSR count). The molecule has 0 spiro atoms. The molecule has 2 aliphatic heterocycles. The lowest BCUT2D eigenvalue weighted by Gasteiger charge is -2.49. The van der Waals surface area contributed by atoms with Crippen LogP contribution in [-0.4, -0.2) is 6.71 Å². The van der Waals surface area contributed by atoms with Crippen molar-refractivity contribution in [1.82, 2.24) is 0 Å². The number of aryl methyl sites for hydroxylation is 1. The van der Waals surface area contributed by atoms with Crippen LogP contribution in [0.5, 0.6) is 0 Å². The molecule has 0 saturated carbocycles. The number of benzene rings is 6. The molecule has 0 amide bonds. The summed E-state index contributed by atoms with van der Waals surface area (Å²) in [5.74, 6) is 0. The van der Waals surface area contributed by atoms with E-state index in [0.29, 0.717) is 0 Å². The topological polar surface area (TPSA) is 19.6 Å². The van der Waals surface area contributed by atoms with E-state index in [4.69, 9.17) is 4.42 Å². The highest BCUT2D eigenvalue weighted by Gasteiger charge is 2.52. The van der Waals surface area contributed by atoms with Crippen molar-refractivity contribution < 1.29 is 4.42 Å². The lowest BCUT2D eigenvalue weighted by molar-refractivity contribution is 0.331. The molecule has 71 heavy (non-hydrogen) atoms. The zero-order valence-corrected chi connectivity index (χ0v) is 45.9. The summed E-state index contributed by atoms with van der Waals surface area (Å²) in [6.45, 7) is 38.9. The van der Waals surface area contributed by atoms with E-state index < -0.39 is 0 Å². The van der Waals surface area contributed by atoms with Crippen LogP contribution in [-0.2, 0) is 37.9 Å². The zero-order chi connectivity index (χ0) is 50.3. The second-order valence-electron chi connectivity index (χ2n) is 27.8. The number of rotatable bonds is 3. The molecular weight excluding hydrogens is 860 g/mol. The van der Waals surface area contributed by atoms with Gasteiger partial charge in [0.15, 0.2) is 0 Å². The van der Waals surface area contributed by atoms with E-state index in [1.54, 1.807) is 0 Å². The van der Waals surface area contributed by atoms with Gasteiger partial charge in [-0.2, -0.15) is 0 Å². The monoisotopic (exact) mass is 937 g/mol. The van der Waals surface area contributed by atoms with Gasteiger partial charge in [-0.1, -0.05) is 158 Å². The molecule has 4 heteroatoms. The first-order chi connectivity index (χ1) is 33.2. The minimum atomic E-state index is -0.128. The molecule has 3 aliphatic carbocycles. The second-order valence-corrected chi connectivity index (χ2v) is 27.8. The van der Waals surface area contributed by atoms with Crippen molar-refractivity contribution in [3.8, 4) is 11.1 Å². The van der Waals surface area contributed by atoms with Gasteiger partial charge < -0.3 is 14.2 Å². The molecule has 0 unspecified atom stereocenters. The first-order valence-corrected chi connectivity index (χ1v) is 27.1. The Morgan fingerprint density at radius 1 is 0.493 bits per heavy atom. The number of hydrogen-bond donors (Lipinski definition) is 0. The second kappa shape index (κ2) is 14.8. The highest BCUT2D eigenvalue weighted by molar-refractivity contribution is 7.00. The molecule has 7 aromatic rings. The van der Waals surface area contributed by atoms with Crippen molar-refractivity contribution in [2.24, 2.45) is 0 Å². The third-order valence-corrected chi connectivity index (χ3v) is 19.0. The Morgan fingerprint density at radius 3 is 1.68 bits per heavy atom. The van der Waals surface area contributed by atoms with E-state index in [0.717, 1.165) is 36.9 Å². The summed E-state index contributed by atoms with van der Waals surface area (Å²) in [7, 11) is 0. The van der Waals surface area contributed by atoms with Gasteiger partial charge in [0.2, 0.25) is 0 Å². The molecule has 0 saturated heterocycles. The molecule has 0 bridgehead atoms. The van der Waals surface area contributed by atoms with Crippen molar-refractivity contribution in [2.45, 2.75) is 187 Å². The Balaban J connectivity index is 1.24. The highest BCUT2D eigenvalue weighted by Crippen LogP contribution is 2.57. The Bertz CT molecular complexity index is 3390. The van der Waals surface area contributed by atoms with Gasteiger partial charge in [-0.3, -0.25) is 0 Å². The predicted molar refractivity (Wildman–Crippen MR) is 305 cm³/mol. The quantitative estimate of drug-likeness (QED) is 0.165. The fraction of sp³-hybridized carbons (Fsp3) is 0.433. The Morgan fingerprint density at radius 2 is 1.04 bits per heavy atom. The van der Waals surface area contributed by atoms with E-state index in [2.05, 4.69) is 224 Å². The van der Waals surface area contributed by atoms with Crippen LogP contribution in [0, 0.1) is 6.92 Å². The fourth-order valence-corrected chi connectivity index (χ4v) is 14.2. The molecule has 0 radical (unpaired) electrons. The molecule has 3 nitrogen and oxygen atoms in total. The lowest BCUT2D eigenvalue weighted by atomic mass is 9.35. The molecule has 3 heterocycles. The van der Waals surface area contributed by atoms with Crippen LogP contribution in [0.1, 0.15) is 187 Å².